The molecule has 17 heavy (non-hydrogen) atoms. The van der Waals surface area contributed by atoms with Gasteiger partial charge in [-0.1, -0.05) is 12.1 Å². The van der Waals surface area contributed by atoms with Gasteiger partial charge in [0.2, 0.25) is 0 Å². The Hall–Kier alpha value is -0.670. The Morgan fingerprint density at radius 1 is 1.24 bits per heavy atom. The molecule has 2 rings (SSSR count). The van der Waals surface area contributed by atoms with E-state index in [1.807, 2.05) is 24.3 Å². The van der Waals surface area contributed by atoms with Crippen molar-refractivity contribution in [2.45, 2.75) is 5.16 Å². The minimum atomic E-state index is -3.87. The van der Waals surface area contributed by atoms with Crippen LogP contribution in [0.1, 0.15) is 0 Å². The molecule has 1 heterocycles. The number of nitrogens with zero attached hydrogens (tertiary/aromatic N) is 3. The molecule has 1 aromatic heterocycles. The summed E-state index contributed by atoms with van der Waals surface area (Å²) in [5.74, 6) is 0.459. The monoisotopic (exact) mass is 383 g/mol. The lowest BCUT2D eigenvalue weighted by atomic mass is 10.2. The number of benzene rings is 1. The van der Waals surface area contributed by atoms with Crippen LogP contribution >= 0.6 is 33.3 Å². The van der Waals surface area contributed by atoms with Gasteiger partial charge < -0.3 is 0 Å². The maximum atomic E-state index is 11.2. The summed E-state index contributed by atoms with van der Waals surface area (Å²) in [7, 11) is 2.93. The lowest BCUT2D eigenvalue weighted by molar-refractivity contribution is 0.593. The minimum absolute atomic E-state index is 0.257. The molecule has 0 aliphatic rings. The molecule has 1 aromatic carbocycles. The first-order valence-corrected chi connectivity index (χ1v) is 7.88. The zero-order valence-electron chi connectivity index (χ0n) is 8.63. The number of hydrogen-bond acceptors (Lipinski definition) is 4. The average Bonchev–Trinajstić information content (AvgIpc) is 2.61. The van der Waals surface area contributed by atoms with Gasteiger partial charge in [0.1, 0.15) is 0 Å². The Morgan fingerprint density at radius 3 is 2.29 bits per heavy atom. The molecule has 0 unspecified atom stereocenters. The van der Waals surface area contributed by atoms with E-state index in [4.69, 9.17) is 10.7 Å². The predicted molar refractivity (Wildman–Crippen MR) is 72.2 cm³/mol. The first-order valence-electron chi connectivity index (χ1n) is 4.49. The Balaban J connectivity index is 2.55. The highest BCUT2D eigenvalue weighted by Crippen LogP contribution is 2.21. The van der Waals surface area contributed by atoms with Crippen molar-refractivity contribution < 1.29 is 8.42 Å². The summed E-state index contributed by atoms with van der Waals surface area (Å²) in [6.45, 7) is 0. The van der Waals surface area contributed by atoms with Crippen molar-refractivity contribution in [3.05, 3.63) is 27.8 Å². The third-order valence-electron chi connectivity index (χ3n) is 2.16. The normalized spacial score (nSPS) is 11.7. The lowest BCUT2D eigenvalue weighted by Gasteiger charge is -2.01. The molecule has 0 saturated carbocycles. The summed E-state index contributed by atoms with van der Waals surface area (Å²) in [6, 6.07) is 7.49. The van der Waals surface area contributed by atoms with Crippen molar-refractivity contribution in [2.75, 3.05) is 0 Å². The Morgan fingerprint density at radius 2 is 1.82 bits per heavy atom. The molecule has 0 fully saturated rings. The van der Waals surface area contributed by atoms with Crippen LogP contribution in [0.2, 0.25) is 0 Å². The second-order valence-corrected chi connectivity index (χ2v) is 7.02. The highest BCUT2D eigenvalue weighted by atomic mass is 127. The van der Waals surface area contributed by atoms with Gasteiger partial charge in [0.25, 0.3) is 14.2 Å². The molecule has 5 nitrogen and oxygen atoms in total. The van der Waals surface area contributed by atoms with Gasteiger partial charge in [-0.25, -0.2) is 8.42 Å². The van der Waals surface area contributed by atoms with Gasteiger partial charge in [0.05, 0.1) is 0 Å². The summed E-state index contributed by atoms with van der Waals surface area (Å²) in [5.41, 5.74) is 0.784. The summed E-state index contributed by atoms with van der Waals surface area (Å²) in [5, 5.41) is 7.15. The van der Waals surface area contributed by atoms with E-state index in [0.717, 1.165) is 9.13 Å². The van der Waals surface area contributed by atoms with Crippen LogP contribution in [0, 0.1) is 3.57 Å². The van der Waals surface area contributed by atoms with Crippen molar-refractivity contribution in [2.24, 2.45) is 7.05 Å². The van der Waals surface area contributed by atoms with Crippen LogP contribution in [-0.2, 0) is 16.1 Å². The fraction of sp³-hybridized carbons (Fsp3) is 0.111. The van der Waals surface area contributed by atoms with Gasteiger partial charge in [-0.05, 0) is 34.7 Å². The standard InChI is InChI=1S/C9H7ClIN3O2S/c1-14-8(6-2-4-7(11)5-3-6)12-13-9(14)17(10,15)16/h2-5H,1H3. The van der Waals surface area contributed by atoms with E-state index in [0.29, 0.717) is 5.82 Å². The third-order valence-corrected chi connectivity index (χ3v) is 4.08. The topological polar surface area (TPSA) is 64.8 Å². The molecule has 0 atom stereocenters. The van der Waals surface area contributed by atoms with E-state index in [9.17, 15) is 8.42 Å². The Bertz CT molecular complexity index is 651. The van der Waals surface area contributed by atoms with Gasteiger partial charge in [-0.2, -0.15) is 0 Å². The van der Waals surface area contributed by atoms with Crippen molar-refractivity contribution in [1.29, 1.82) is 0 Å². The summed E-state index contributed by atoms with van der Waals surface area (Å²) in [6.07, 6.45) is 0. The van der Waals surface area contributed by atoms with Crippen LogP contribution in [0.4, 0.5) is 0 Å². The molecule has 0 N–H and O–H groups in total. The molecular weight excluding hydrogens is 377 g/mol. The van der Waals surface area contributed by atoms with Crippen molar-refractivity contribution >= 4 is 42.3 Å². The van der Waals surface area contributed by atoms with Crippen LogP contribution in [0.25, 0.3) is 11.4 Å². The maximum Gasteiger partial charge on any atom is 0.296 e. The number of aromatic nitrogens is 3. The molecule has 0 spiro atoms. The molecule has 0 aliphatic heterocycles. The molecule has 0 amide bonds. The number of halogens is 2. The van der Waals surface area contributed by atoms with Crippen molar-refractivity contribution in [1.82, 2.24) is 14.8 Å². The highest BCUT2D eigenvalue weighted by Gasteiger charge is 2.20. The minimum Gasteiger partial charge on any atom is -0.300 e. The van der Waals surface area contributed by atoms with Crippen molar-refractivity contribution in [3.8, 4) is 11.4 Å². The first-order chi connectivity index (χ1) is 7.89. The van der Waals surface area contributed by atoms with Gasteiger partial charge >= 0.3 is 0 Å². The smallest absolute Gasteiger partial charge is 0.296 e. The Labute approximate surface area is 116 Å². The number of rotatable bonds is 2. The first kappa shape index (κ1) is 12.8. The van der Waals surface area contributed by atoms with E-state index in [1.165, 1.54) is 4.57 Å². The highest BCUT2D eigenvalue weighted by molar-refractivity contribution is 14.1. The fourth-order valence-electron chi connectivity index (χ4n) is 1.38. The van der Waals surface area contributed by atoms with E-state index in [-0.39, 0.29) is 5.16 Å². The molecule has 0 radical (unpaired) electrons. The van der Waals surface area contributed by atoms with Crippen LogP contribution in [0.15, 0.2) is 29.4 Å². The van der Waals surface area contributed by atoms with Gasteiger partial charge in [-0.3, -0.25) is 4.57 Å². The summed E-state index contributed by atoms with van der Waals surface area (Å²) < 4.78 is 24.8. The van der Waals surface area contributed by atoms with Crippen LogP contribution in [0.3, 0.4) is 0 Å². The molecule has 0 saturated heterocycles. The fourth-order valence-corrected chi connectivity index (χ4v) is 2.69. The van der Waals surface area contributed by atoms with E-state index in [1.54, 1.807) is 7.05 Å². The Kier molecular flexibility index (Phi) is 3.41. The zero-order chi connectivity index (χ0) is 12.6. The number of hydrogen-bond donors (Lipinski definition) is 0. The SMILES string of the molecule is Cn1c(-c2ccc(I)cc2)nnc1S(=O)(=O)Cl. The second-order valence-electron chi connectivity index (χ2n) is 3.31. The maximum absolute atomic E-state index is 11.2. The van der Waals surface area contributed by atoms with Crippen LogP contribution in [-0.4, -0.2) is 23.2 Å². The van der Waals surface area contributed by atoms with Gasteiger partial charge in [0, 0.05) is 26.9 Å². The average molecular weight is 384 g/mol. The van der Waals surface area contributed by atoms with Crippen LogP contribution in [0.5, 0.6) is 0 Å². The molecule has 0 aliphatic carbocycles. The van der Waals surface area contributed by atoms with Gasteiger partial charge in [0.15, 0.2) is 5.82 Å². The quantitative estimate of drug-likeness (QED) is 0.588. The molecule has 0 bridgehead atoms. The van der Waals surface area contributed by atoms with E-state index >= 15 is 0 Å². The van der Waals surface area contributed by atoms with Gasteiger partial charge in [-0.15, -0.1) is 10.2 Å². The van der Waals surface area contributed by atoms with E-state index in [2.05, 4.69) is 32.8 Å². The zero-order valence-corrected chi connectivity index (χ0v) is 12.4. The van der Waals surface area contributed by atoms with Crippen molar-refractivity contribution in [3.63, 3.8) is 0 Å². The van der Waals surface area contributed by atoms with E-state index < -0.39 is 9.05 Å². The predicted octanol–water partition coefficient (Wildman–Crippen LogP) is 2.01. The lowest BCUT2D eigenvalue weighted by Crippen LogP contribution is -2.02. The summed E-state index contributed by atoms with van der Waals surface area (Å²) >= 11 is 2.18. The molecular formula is C9H7ClIN3O2S. The molecule has 2 aromatic rings. The third kappa shape index (κ3) is 2.61. The molecule has 90 valence electrons. The second kappa shape index (κ2) is 4.54. The van der Waals surface area contributed by atoms with Crippen LogP contribution < -0.4 is 0 Å². The summed E-state index contributed by atoms with van der Waals surface area (Å²) in [4.78, 5) is 0. The molecule has 8 heteroatoms. The largest absolute Gasteiger partial charge is 0.300 e.